The third-order valence-corrected chi connectivity index (χ3v) is 11.6. The minimum Gasteiger partial charge on any atom is -0.489 e. The van der Waals surface area contributed by atoms with E-state index < -0.39 is 29.7 Å². The van der Waals surface area contributed by atoms with Crippen molar-refractivity contribution in [2.75, 3.05) is 45.2 Å². The van der Waals surface area contributed by atoms with Crippen molar-refractivity contribution in [3.63, 3.8) is 0 Å². The van der Waals surface area contributed by atoms with E-state index in [2.05, 4.69) is 43.5 Å². The van der Waals surface area contributed by atoms with Crippen LogP contribution in [0.4, 0.5) is 5.82 Å². The van der Waals surface area contributed by atoms with E-state index in [4.69, 9.17) is 9.47 Å². The van der Waals surface area contributed by atoms with E-state index in [0.717, 1.165) is 30.0 Å². The predicted octanol–water partition coefficient (Wildman–Crippen LogP) is 3.21. The largest absolute Gasteiger partial charge is 0.489 e. The Balaban J connectivity index is 0.825. The van der Waals surface area contributed by atoms with Gasteiger partial charge >= 0.3 is 0 Å². The molecule has 2 aromatic heterocycles. The Hall–Kier alpha value is -5.61. The average Bonchev–Trinajstić information content (AvgIpc) is 3.45. The number of halogens is 1. The highest BCUT2D eigenvalue weighted by Crippen LogP contribution is 2.35. The molecule has 0 aliphatic carbocycles. The molecule has 4 aliphatic heterocycles. The lowest BCUT2D eigenvalue weighted by Crippen LogP contribution is -2.54. The van der Waals surface area contributed by atoms with Gasteiger partial charge in [-0.05, 0) is 83.7 Å². The van der Waals surface area contributed by atoms with Crippen LogP contribution in [0, 0.1) is 0 Å². The summed E-state index contributed by atoms with van der Waals surface area (Å²) in [4.78, 5) is 86.3. The van der Waals surface area contributed by atoms with Gasteiger partial charge < -0.3 is 24.6 Å². The van der Waals surface area contributed by atoms with Gasteiger partial charge in [0, 0.05) is 57.7 Å². The van der Waals surface area contributed by atoms with E-state index in [1.54, 1.807) is 35.4 Å². The summed E-state index contributed by atoms with van der Waals surface area (Å²) >= 11 is 3.45. The molecule has 3 atom stereocenters. The molecule has 15 nitrogen and oxygen atoms in total. The Kier molecular flexibility index (Phi) is 10.3. The fraction of sp³-hybridized carbons (Fsp3) is 0.375. The second-order valence-corrected chi connectivity index (χ2v) is 15.5. The number of pyridine rings is 1. The maximum absolute atomic E-state index is 13.4. The summed E-state index contributed by atoms with van der Waals surface area (Å²) in [7, 11) is 2.08. The molecule has 16 heteroatoms. The third kappa shape index (κ3) is 7.38. The minimum atomic E-state index is -1.06. The van der Waals surface area contributed by atoms with Crippen LogP contribution in [0.25, 0.3) is 5.65 Å². The van der Waals surface area contributed by atoms with Gasteiger partial charge in [-0.25, -0.2) is 4.98 Å². The minimum absolute atomic E-state index is 0.0381. The number of likely N-dealkylation sites (N-methyl/N-ethyl adjacent to an activating group) is 1. The molecule has 56 heavy (non-hydrogen) atoms. The average molecular weight is 827 g/mol. The monoisotopic (exact) mass is 825 g/mol. The molecule has 0 spiro atoms. The first-order chi connectivity index (χ1) is 27.0. The van der Waals surface area contributed by atoms with Crippen LogP contribution in [0.15, 0.2) is 76.1 Å². The third-order valence-electron chi connectivity index (χ3n) is 10.9. The zero-order valence-corrected chi connectivity index (χ0v) is 32.2. The van der Waals surface area contributed by atoms with Gasteiger partial charge in [0.1, 0.15) is 39.6 Å². The van der Waals surface area contributed by atoms with Gasteiger partial charge in [0.2, 0.25) is 11.8 Å². The number of imide groups is 2. The number of carbonyl (C=O) groups excluding carboxylic acids is 5. The first-order valence-corrected chi connectivity index (χ1v) is 19.5. The highest BCUT2D eigenvalue weighted by atomic mass is 79.9. The Morgan fingerprint density at radius 3 is 2.50 bits per heavy atom. The summed E-state index contributed by atoms with van der Waals surface area (Å²) in [6, 6.07) is 17.1. The van der Waals surface area contributed by atoms with Gasteiger partial charge in [0.25, 0.3) is 23.3 Å². The number of rotatable bonds is 9. The first-order valence-electron chi connectivity index (χ1n) is 18.7. The zero-order chi connectivity index (χ0) is 39.1. The molecular formula is C40H40BrN7O8. The summed E-state index contributed by atoms with van der Waals surface area (Å²) in [5.74, 6) is -0.866. The van der Waals surface area contributed by atoms with Crippen molar-refractivity contribution in [2.45, 2.75) is 56.2 Å². The fourth-order valence-electron chi connectivity index (χ4n) is 8.08. The molecule has 3 fully saturated rings. The van der Waals surface area contributed by atoms with Gasteiger partial charge in [-0.2, -0.15) is 0 Å². The van der Waals surface area contributed by atoms with Crippen molar-refractivity contribution in [2.24, 2.45) is 0 Å². The summed E-state index contributed by atoms with van der Waals surface area (Å²) in [5, 5.41) is 5.70. The van der Waals surface area contributed by atoms with E-state index >= 15 is 0 Å². The molecule has 0 bridgehead atoms. The van der Waals surface area contributed by atoms with Crippen molar-refractivity contribution < 1.29 is 33.4 Å². The van der Waals surface area contributed by atoms with Gasteiger partial charge in [-0.3, -0.25) is 43.4 Å². The number of aromatic nitrogens is 2. The Labute approximate surface area is 330 Å². The van der Waals surface area contributed by atoms with Crippen LogP contribution in [-0.4, -0.2) is 112 Å². The summed E-state index contributed by atoms with van der Waals surface area (Å²) in [5.41, 5.74) is 1.82. The maximum atomic E-state index is 13.4. The molecule has 6 heterocycles. The molecular weight excluding hydrogens is 786 g/mol. The molecule has 290 valence electrons. The molecule has 3 saturated heterocycles. The Bertz CT molecular complexity index is 2290. The highest BCUT2D eigenvalue weighted by Gasteiger charge is 2.46. The predicted molar refractivity (Wildman–Crippen MR) is 207 cm³/mol. The summed E-state index contributed by atoms with van der Waals surface area (Å²) < 4.78 is 14.0. The van der Waals surface area contributed by atoms with Gasteiger partial charge in [0.05, 0.1) is 11.1 Å². The molecule has 5 amide bonds. The van der Waals surface area contributed by atoms with E-state index in [9.17, 15) is 28.8 Å². The second kappa shape index (κ2) is 15.5. The number of benzene rings is 2. The van der Waals surface area contributed by atoms with Gasteiger partial charge in [-0.1, -0.05) is 24.3 Å². The smallest absolute Gasteiger partial charge is 0.274 e. The summed E-state index contributed by atoms with van der Waals surface area (Å²) in [6.07, 6.45) is 3.38. The molecule has 4 aliphatic rings. The van der Waals surface area contributed by atoms with Crippen LogP contribution < -0.4 is 25.7 Å². The molecule has 0 radical (unpaired) electrons. The van der Waals surface area contributed by atoms with E-state index in [-0.39, 0.29) is 65.9 Å². The fourth-order valence-corrected chi connectivity index (χ4v) is 8.47. The lowest BCUT2D eigenvalue weighted by molar-refractivity contribution is -0.137. The molecule has 2 aromatic carbocycles. The van der Waals surface area contributed by atoms with Crippen LogP contribution in [0.2, 0.25) is 0 Å². The Morgan fingerprint density at radius 1 is 0.946 bits per heavy atom. The molecule has 2 N–H and O–H groups in total. The standard InChI is InChI=1S/C40H40BrN7O8/c1-45-20-24(19-25(21-45)42-36-35(41)40(54)47-16-3-2-7-31(47)43-36)23-8-10-26(11-9-23)55-22-33(50)46-17-14-27(15-18-46)56-30-6-4-5-28-34(30)39(53)48(38(28)52)29-12-13-32(49)44-37(29)51/h2-11,16,24-25,27,29,42H,12-15,17-22H2,1H3,(H,44,49,51)/t24-,25+,29?/m0/s1. The summed E-state index contributed by atoms with van der Waals surface area (Å²) in [6.45, 7) is 2.41. The highest BCUT2D eigenvalue weighted by molar-refractivity contribution is 9.10. The van der Waals surface area contributed by atoms with E-state index in [1.807, 2.05) is 30.3 Å². The normalized spacial score (nSPS) is 21.9. The number of likely N-dealkylation sites (tertiary alicyclic amines) is 2. The van der Waals surface area contributed by atoms with E-state index in [1.165, 1.54) is 10.5 Å². The number of carbonyl (C=O) groups is 5. The number of hydrogen-bond donors (Lipinski definition) is 2. The number of nitrogens with zero attached hydrogens (tertiary/aromatic N) is 5. The molecule has 1 unspecified atom stereocenters. The number of hydrogen-bond acceptors (Lipinski definition) is 11. The SMILES string of the molecule is CN1C[C@H](Nc2nc3ccccn3c(=O)c2Br)C[C@H](c2ccc(OCC(=O)N3CCC(Oc4cccc5c4C(=O)N(C4CCC(=O)NC4=O)C5=O)CC3)cc2)C1. The number of nitrogens with one attached hydrogen (secondary N) is 2. The van der Waals surface area contributed by atoms with Crippen LogP contribution in [0.5, 0.6) is 11.5 Å². The molecule has 8 rings (SSSR count). The van der Waals surface area contributed by atoms with Crippen LogP contribution in [-0.2, 0) is 14.4 Å². The number of anilines is 1. The topological polar surface area (TPSA) is 172 Å². The number of piperidine rings is 3. The number of ether oxygens (including phenoxy) is 2. The quantitative estimate of drug-likeness (QED) is 0.238. The second-order valence-electron chi connectivity index (χ2n) is 14.7. The van der Waals surface area contributed by atoms with Gasteiger partial charge in [-0.15, -0.1) is 0 Å². The molecule has 0 saturated carbocycles. The van der Waals surface area contributed by atoms with Crippen LogP contribution in [0.3, 0.4) is 0 Å². The number of amides is 5. The van der Waals surface area contributed by atoms with Crippen LogP contribution in [0.1, 0.15) is 64.3 Å². The number of fused-ring (bicyclic) bond motifs is 2. The van der Waals surface area contributed by atoms with Crippen molar-refractivity contribution in [1.29, 1.82) is 0 Å². The lowest BCUT2D eigenvalue weighted by atomic mass is 9.88. The lowest BCUT2D eigenvalue weighted by Gasteiger charge is -2.36. The van der Waals surface area contributed by atoms with Crippen molar-refractivity contribution >= 4 is 56.9 Å². The maximum Gasteiger partial charge on any atom is 0.274 e. The van der Waals surface area contributed by atoms with Crippen molar-refractivity contribution in [3.8, 4) is 11.5 Å². The Morgan fingerprint density at radius 2 is 1.73 bits per heavy atom. The van der Waals surface area contributed by atoms with Crippen molar-refractivity contribution in [3.05, 3.63) is 98.4 Å². The van der Waals surface area contributed by atoms with Crippen molar-refractivity contribution in [1.82, 2.24) is 29.4 Å². The van der Waals surface area contributed by atoms with E-state index in [0.29, 0.717) is 47.6 Å². The molecule has 4 aromatic rings. The van der Waals surface area contributed by atoms with Gasteiger partial charge in [0.15, 0.2) is 6.61 Å². The first kappa shape index (κ1) is 37.3. The van der Waals surface area contributed by atoms with Crippen LogP contribution >= 0.6 is 15.9 Å². The zero-order valence-electron chi connectivity index (χ0n) is 30.6.